The van der Waals surface area contributed by atoms with Gasteiger partial charge < -0.3 is 0 Å². The average molecular weight is 353 g/mol. The SMILES string of the molecule is CCc1ccc(CC(=O)CN=C2N=CSC2=C2C=CN(O)C=C2)cc1. The quantitative estimate of drug-likeness (QED) is 0.880. The molecule has 0 radical (unpaired) electrons. The van der Waals surface area contributed by atoms with Crippen LogP contribution in [-0.4, -0.2) is 34.0 Å². The van der Waals surface area contributed by atoms with Gasteiger partial charge in [-0.15, -0.1) is 0 Å². The second-order valence-corrected chi connectivity index (χ2v) is 6.53. The van der Waals surface area contributed by atoms with Gasteiger partial charge in [0.2, 0.25) is 0 Å². The van der Waals surface area contributed by atoms with Crippen LogP contribution >= 0.6 is 11.8 Å². The molecule has 6 heteroatoms. The molecule has 2 aliphatic heterocycles. The van der Waals surface area contributed by atoms with E-state index < -0.39 is 0 Å². The van der Waals surface area contributed by atoms with Crippen LogP contribution in [0.3, 0.4) is 0 Å². The molecule has 0 aliphatic carbocycles. The Balaban J connectivity index is 1.65. The number of benzene rings is 1. The number of hydrogen-bond acceptors (Lipinski definition) is 5. The first kappa shape index (κ1) is 17.4. The molecular formula is C19H19N3O2S. The van der Waals surface area contributed by atoms with Gasteiger partial charge in [-0.2, -0.15) is 0 Å². The lowest BCUT2D eigenvalue weighted by Crippen LogP contribution is -2.09. The smallest absolute Gasteiger partial charge is 0.163 e. The van der Waals surface area contributed by atoms with Crippen molar-refractivity contribution in [2.75, 3.05) is 6.54 Å². The molecule has 0 saturated heterocycles. The number of carbonyl (C=O) groups excluding carboxylic acids is 1. The van der Waals surface area contributed by atoms with Gasteiger partial charge in [0.15, 0.2) is 11.6 Å². The van der Waals surface area contributed by atoms with Crippen molar-refractivity contribution >= 4 is 28.9 Å². The van der Waals surface area contributed by atoms with Crippen LogP contribution in [0.1, 0.15) is 18.1 Å². The van der Waals surface area contributed by atoms with Crippen LogP contribution in [0.2, 0.25) is 0 Å². The number of nitrogens with zero attached hydrogens (tertiary/aromatic N) is 3. The molecule has 5 nitrogen and oxygen atoms in total. The number of allylic oxidation sites excluding steroid dienone is 3. The molecule has 3 rings (SSSR count). The van der Waals surface area contributed by atoms with Crippen molar-refractivity contribution < 1.29 is 10.0 Å². The predicted molar refractivity (Wildman–Crippen MR) is 102 cm³/mol. The van der Waals surface area contributed by atoms with Crippen molar-refractivity contribution in [1.82, 2.24) is 5.06 Å². The molecule has 0 atom stereocenters. The number of carbonyl (C=O) groups is 1. The molecule has 128 valence electrons. The lowest BCUT2D eigenvalue weighted by atomic mass is 10.1. The Morgan fingerprint density at radius 1 is 1.20 bits per heavy atom. The van der Waals surface area contributed by atoms with Crippen LogP contribution in [0.25, 0.3) is 0 Å². The fraction of sp³-hybridized carbons (Fsp3) is 0.211. The maximum absolute atomic E-state index is 12.2. The van der Waals surface area contributed by atoms with E-state index in [2.05, 4.69) is 29.0 Å². The molecule has 0 fully saturated rings. The molecule has 1 aromatic rings. The molecule has 0 saturated carbocycles. The van der Waals surface area contributed by atoms with Crippen molar-refractivity contribution in [3.8, 4) is 0 Å². The maximum atomic E-state index is 12.2. The second-order valence-electron chi connectivity index (χ2n) is 5.67. The Bertz CT molecular complexity index is 788. The van der Waals surface area contributed by atoms with Gasteiger partial charge in [0.1, 0.15) is 6.54 Å². The minimum Gasteiger partial charge on any atom is -0.297 e. The zero-order valence-corrected chi connectivity index (χ0v) is 14.7. The molecule has 2 heterocycles. The van der Waals surface area contributed by atoms with Crippen molar-refractivity contribution in [2.45, 2.75) is 19.8 Å². The van der Waals surface area contributed by atoms with Crippen LogP contribution in [0.15, 0.2) is 69.3 Å². The van der Waals surface area contributed by atoms with Gasteiger partial charge in [0.25, 0.3) is 0 Å². The molecule has 0 aromatic heterocycles. The van der Waals surface area contributed by atoms with E-state index in [1.165, 1.54) is 17.3 Å². The first-order valence-electron chi connectivity index (χ1n) is 8.07. The van der Waals surface area contributed by atoms with Gasteiger partial charge in [0, 0.05) is 18.8 Å². The van der Waals surface area contributed by atoms with Crippen LogP contribution < -0.4 is 0 Å². The number of hydrogen-bond donors (Lipinski definition) is 1. The fourth-order valence-corrected chi connectivity index (χ4v) is 3.21. The highest BCUT2D eigenvalue weighted by Crippen LogP contribution is 2.28. The number of rotatable bonds is 5. The van der Waals surface area contributed by atoms with Gasteiger partial charge in [-0.3, -0.25) is 15.0 Å². The molecule has 2 aliphatic rings. The van der Waals surface area contributed by atoms with Gasteiger partial charge in [-0.1, -0.05) is 43.0 Å². The highest BCUT2D eigenvalue weighted by Gasteiger charge is 2.17. The number of Topliss-reactive ketones (excluding diaryl/α,β-unsaturated/α-hetero) is 1. The number of thioether (sulfide) groups is 1. The third-order valence-corrected chi connectivity index (χ3v) is 4.73. The Hall–Kier alpha value is -2.44. The van der Waals surface area contributed by atoms with E-state index >= 15 is 0 Å². The van der Waals surface area contributed by atoms with Crippen LogP contribution in [0.4, 0.5) is 0 Å². The molecule has 0 unspecified atom stereocenters. The van der Waals surface area contributed by atoms with Crippen molar-refractivity contribution in [1.29, 1.82) is 0 Å². The molecule has 1 N–H and O–H groups in total. The lowest BCUT2D eigenvalue weighted by molar-refractivity contribution is -0.117. The summed E-state index contributed by atoms with van der Waals surface area (Å²) in [6, 6.07) is 8.11. The van der Waals surface area contributed by atoms with Gasteiger partial charge >= 0.3 is 0 Å². The van der Waals surface area contributed by atoms with E-state index in [4.69, 9.17) is 0 Å². The number of hydroxylamine groups is 2. The standard InChI is InChI=1S/C19H19N3O2S/c1-2-14-3-5-15(6-4-14)11-17(23)12-20-19-18(25-13-21-19)16-7-9-22(24)10-8-16/h3-10,13,24H,2,11-12H2,1H3. The maximum Gasteiger partial charge on any atom is 0.163 e. The van der Waals surface area contributed by atoms with Gasteiger partial charge in [-0.25, -0.2) is 10.1 Å². The second kappa shape index (κ2) is 8.09. The molecular weight excluding hydrogens is 334 g/mol. The average Bonchev–Trinajstić information content (AvgIpc) is 3.10. The van der Waals surface area contributed by atoms with Crippen molar-refractivity contribution in [3.63, 3.8) is 0 Å². The summed E-state index contributed by atoms with van der Waals surface area (Å²) in [7, 11) is 0. The summed E-state index contributed by atoms with van der Waals surface area (Å²) in [5, 5.41) is 10.3. The Labute approximate surface area is 151 Å². The van der Waals surface area contributed by atoms with E-state index in [0.717, 1.165) is 27.5 Å². The van der Waals surface area contributed by atoms with Gasteiger partial charge in [-0.05, 0) is 35.3 Å². The van der Waals surface area contributed by atoms with Crippen LogP contribution in [0.5, 0.6) is 0 Å². The summed E-state index contributed by atoms with van der Waals surface area (Å²) in [6.07, 6.45) is 8.02. The Kier molecular flexibility index (Phi) is 5.63. The van der Waals surface area contributed by atoms with Crippen molar-refractivity contribution in [3.05, 3.63) is 70.4 Å². The van der Waals surface area contributed by atoms with Crippen LogP contribution in [-0.2, 0) is 17.6 Å². The van der Waals surface area contributed by atoms with Gasteiger partial charge in [0.05, 0.1) is 10.5 Å². The minimum atomic E-state index is 0.0597. The molecule has 0 bridgehead atoms. The highest BCUT2D eigenvalue weighted by molar-refractivity contribution is 8.16. The summed E-state index contributed by atoms with van der Waals surface area (Å²) in [4.78, 5) is 21.7. The van der Waals surface area contributed by atoms with E-state index in [-0.39, 0.29) is 12.3 Å². The lowest BCUT2D eigenvalue weighted by Gasteiger charge is -2.11. The zero-order valence-electron chi connectivity index (χ0n) is 13.9. The number of aliphatic imine (C=N–C) groups is 2. The third kappa shape index (κ3) is 4.55. The number of aryl methyl sites for hydroxylation is 1. The summed E-state index contributed by atoms with van der Waals surface area (Å²) in [5.74, 6) is 0.625. The summed E-state index contributed by atoms with van der Waals surface area (Å²) >= 11 is 1.46. The molecule has 25 heavy (non-hydrogen) atoms. The predicted octanol–water partition coefficient (Wildman–Crippen LogP) is 3.52. The first-order valence-corrected chi connectivity index (χ1v) is 8.95. The van der Waals surface area contributed by atoms with Crippen LogP contribution in [0, 0.1) is 0 Å². The summed E-state index contributed by atoms with van der Waals surface area (Å²) < 4.78 is 0. The van der Waals surface area contributed by atoms with E-state index in [1.807, 2.05) is 12.1 Å². The first-order chi connectivity index (χ1) is 12.2. The number of amidine groups is 1. The third-order valence-electron chi connectivity index (χ3n) is 3.86. The topological polar surface area (TPSA) is 65.3 Å². The molecule has 1 aromatic carbocycles. The van der Waals surface area contributed by atoms with E-state index in [9.17, 15) is 10.0 Å². The number of ketones is 1. The summed E-state index contributed by atoms with van der Waals surface area (Å²) in [6.45, 7) is 2.22. The monoisotopic (exact) mass is 353 g/mol. The summed E-state index contributed by atoms with van der Waals surface area (Å²) in [5.41, 5.74) is 4.89. The van der Waals surface area contributed by atoms with E-state index in [0.29, 0.717) is 12.3 Å². The van der Waals surface area contributed by atoms with E-state index in [1.54, 1.807) is 30.1 Å². The minimum absolute atomic E-state index is 0.0597. The fourth-order valence-electron chi connectivity index (χ4n) is 2.46. The molecule has 0 amide bonds. The normalized spacial score (nSPS) is 17.8. The zero-order chi connectivity index (χ0) is 17.6. The van der Waals surface area contributed by atoms with Crippen molar-refractivity contribution in [2.24, 2.45) is 9.98 Å². The Morgan fingerprint density at radius 2 is 1.88 bits per heavy atom. The largest absolute Gasteiger partial charge is 0.297 e. The Morgan fingerprint density at radius 3 is 2.56 bits per heavy atom. The molecule has 0 spiro atoms. The highest BCUT2D eigenvalue weighted by atomic mass is 32.2.